The fourth-order valence-corrected chi connectivity index (χ4v) is 6.36. The van der Waals surface area contributed by atoms with E-state index in [1.807, 2.05) is 6.92 Å². The number of fused-ring (bicyclic) bond motifs is 1. The molecule has 0 spiro atoms. The highest BCUT2D eigenvalue weighted by molar-refractivity contribution is 7.99. The van der Waals surface area contributed by atoms with Crippen molar-refractivity contribution in [2.24, 2.45) is 5.73 Å². The molecule has 2 aromatic heterocycles. The van der Waals surface area contributed by atoms with Crippen LogP contribution in [0.15, 0.2) is 5.16 Å². The van der Waals surface area contributed by atoms with E-state index in [4.69, 9.17) is 10.5 Å². The molecule has 1 aliphatic heterocycles. The predicted octanol–water partition coefficient (Wildman–Crippen LogP) is 3.45. The van der Waals surface area contributed by atoms with E-state index in [1.165, 1.54) is 28.0 Å². The van der Waals surface area contributed by atoms with Crippen LogP contribution in [-0.2, 0) is 28.9 Å². The van der Waals surface area contributed by atoms with Gasteiger partial charge in [-0.2, -0.15) is 0 Å². The third-order valence-electron chi connectivity index (χ3n) is 5.84. The SMILES string of the molecule is Cc1nc(SCC(=O)Nc2sc3c(c2C(N)=O)CCCC3)n(CC2CCCO2)c1C. The van der Waals surface area contributed by atoms with Crippen LogP contribution in [0.5, 0.6) is 0 Å². The molecule has 1 aliphatic carbocycles. The Balaban J connectivity index is 1.44. The topological polar surface area (TPSA) is 99.2 Å². The number of ether oxygens (including phenoxy) is 1. The van der Waals surface area contributed by atoms with E-state index in [9.17, 15) is 9.59 Å². The molecule has 1 saturated heterocycles. The summed E-state index contributed by atoms with van der Waals surface area (Å²) in [5.41, 5.74) is 9.23. The van der Waals surface area contributed by atoms with Crippen molar-refractivity contribution in [3.63, 3.8) is 0 Å². The number of imidazole rings is 1. The number of amides is 2. The maximum atomic E-state index is 12.7. The number of hydrogen-bond donors (Lipinski definition) is 2. The van der Waals surface area contributed by atoms with Gasteiger partial charge in [-0.05, 0) is 57.9 Å². The molecule has 1 atom stereocenters. The maximum Gasteiger partial charge on any atom is 0.251 e. The summed E-state index contributed by atoms with van der Waals surface area (Å²) >= 11 is 2.91. The molecule has 30 heavy (non-hydrogen) atoms. The van der Waals surface area contributed by atoms with Gasteiger partial charge in [0.05, 0.1) is 29.7 Å². The average molecular weight is 449 g/mol. The Morgan fingerprint density at radius 2 is 2.10 bits per heavy atom. The molecule has 1 fully saturated rings. The molecule has 2 amide bonds. The van der Waals surface area contributed by atoms with Crippen molar-refractivity contribution < 1.29 is 14.3 Å². The Morgan fingerprint density at radius 3 is 2.83 bits per heavy atom. The molecular weight excluding hydrogens is 420 g/mol. The van der Waals surface area contributed by atoms with Crippen LogP contribution >= 0.6 is 23.1 Å². The first-order valence-electron chi connectivity index (χ1n) is 10.5. The van der Waals surface area contributed by atoms with Crippen molar-refractivity contribution in [3.05, 3.63) is 27.4 Å². The zero-order valence-corrected chi connectivity index (χ0v) is 19.1. The van der Waals surface area contributed by atoms with Crippen LogP contribution in [0.2, 0.25) is 0 Å². The van der Waals surface area contributed by atoms with E-state index < -0.39 is 5.91 Å². The summed E-state index contributed by atoms with van der Waals surface area (Å²) < 4.78 is 7.93. The van der Waals surface area contributed by atoms with Gasteiger partial charge in [0, 0.05) is 17.2 Å². The lowest BCUT2D eigenvalue weighted by molar-refractivity contribution is -0.113. The Morgan fingerprint density at radius 1 is 1.30 bits per heavy atom. The van der Waals surface area contributed by atoms with Gasteiger partial charge >= 0.3 is 0 Å². The first kappa shape index (κ1) is 21.4. The molecule has 4 rings (SSSR count). The van der Waals surface area contributed by atoms with Crippen LogP contribution in [0.1, 0.15) is 57.9 Å². The molecule has 0 radical (unpaired) electrons. The third-order valence-corrected chi connectivity index (χ3v) is 8.02. The fourth-order valence-electron chi connectivity index (χ4n) is 4.15. The van der Waals surface area contributed by atoms with Crippen molar-refractivity contribution in [2.75, 3.05) is 17.7 Å². The number of thiophene rings is 1. The lowest BCUT2D eigenvalue weighted by Gasteiger charge is -2.14. The number of nitrogens with one attached hydrogen (secondary N) is 1. The highest BCUT2D eigenvalue weighted by Crippen LogP contribution is 2.38. The van der Waals surface area contributed by atoms with Crippen LogP contribution < -0.4 is 11.1 Å². The van der Waals surface area contributed by atoms with Crippen LogP contribution in [0, 0.1) is 13.8 Å². The van der Waals surface area contributed by atoms with Crippen molar-refractivity contribution in [1.82, 2.24) is 9.55 Å². The molecule has 0 aromatic carbocycles. The van der Waals surface area contributed by atoms with E-state index in [2.05, 4.69) is 21.8 Å². The third kappa shape index (κ3) is 4.43. The summed E-state index contributed by atoms with van der Waals surface area (Å²) in [6.07, 6.45) is 6.33. The van der Waals surface area contributed by atoms with Gasteiger partial charge in [0.2, 0.25) is 5.91 Å². The van der Waals surface area contributed by atoms with Crippen molar-refractivity contribution in [1.29, 1.82) is 0 Å². The zero-order valence-electron chi connectivity index (χ0n) is 17.5. The van der Waals surface area contributed by atoms with Crippen molar-refractivity contribution >= 4 is 39.9 Å². The Bertz CT molecular complexity index is 960. The predicted molar refractivity (Wildman–Crippen MR) is 120 cm³/mol. The van der Waals surface area contributed by atoms with Crippen LogP contribution in [-0.4, -0.2) is 39.8 Å². The lowest BCUT2D eigenvalue weighted by Crippen LogP contribution is -2.20. The number of primary amides is 1. The first-order valence-corrected chi connectivity index (χ1v) is 12.3. The quantitative estimate of drug-likeness (QED) is 0.632. The van der Waals surface area contributed by atoms with E-state index in [0.717, 1.165) is 73.8 Å². The molecular formula is C21H28N4O3S2. The summed E-state index contributed by atoms with van der Waals surface area (Å²) in [7, 11) is 0. The molecule has 0 saturated carbocycles. The Hall–Kier alpha value is -1.84. The van der Waals surface area contributed by atoms with E-state index in [-0.39, 0.29) is 17.8 Å². The molecule has 0 bridgehead atoms. The molecule has 9 heteroatoms. The van der Waals surface area contributed by atoms with Crippen LogP contribution in [0.4, 0.5) is 5.00 Å². The second-order valence-electron chi connectivity index (χ2n) is 7.93. The second-order valence-corrected chi connectivity index (χ2v) is 9.97. The van der Waals surface area contributed by atoms with E-state index >= 15 is 0 Å². The smallest absolute Gasteiger partial charge is 0.251 e. The minimum absolute atomic E-state index is 0.150. The van der Waals surface area contributed by atoms with E-state index in [1.54, 1.807) is 0 Å². The molecule has 3 N–H and O–H groups in total. The van der Waals surface area contributed by atoms with Gasteiger partial charge in [-0.15, -0.1) is 11.3 Å². The first-order chi connectivity index (χ1) is 14.4. The standard InChI is InChI=1S/C21H28N4O3S2/c1-12-13(2)25(10-14-6-5-9-28-14)21(23-12)29-11-17(26)24-20-18(19(22)27)15-7-3-4-8-16(15)30-20/h14H,3-11H2,1-2H3,(H2,22,27)(H,24,26). The Kier molecular flexibility index (Phi) is 6.50. The summed E-state index contributed by atoms with van der Waals surface area (Å²) in [6.45, 7) is 5.62. The number of nitrogens with zero attached hydrogens (tertiary/aromatic N) is 2. The molecule has 3 heterocycles. The Labute approximate surface area is 184 Å². The number of aryl methyl sites for hydroxylation is 2. The fraction of sp³-hybridized carbons (Fsp3) is 0.571. The summed E-state index contributed by atoms with van der Waals surface area (Å²) in [4.78, 5) is 30.5. The number of anilines is 1. The number of thioether (sulfide) groups is 1. The molecule has 162 valence electrons. The van der Waals surface area contributed by atoms with E-state index in [0.29, 0.717) is 10.6 Å². The highest BCUT2D eigenvalue weighted by Gasteiger charge is 2.25. The second kappa shape index (κ2) is 9.11. The summed E-state index contributed by atoms with van der Waals surface area (Å²) in [6, 6.07) is 0. The average Bonchev–Trinajstić information content (AvgIpc) is 3.41. The van der Waals surface area contributed by atoms with Gasteiger partial charge in [0.25, 0.3) is 5.91 Å². The number of carbonyl (C=O) groups excluding carboxylic acids is 2. The van der Waals surface area contributed by atoms with Gasteiger partial charge < -0.3 is 20.4 Å². The molecule has 7 nitrogen and oxygen atoms in total. The number of hydrogen-bond acceptors (Lipinski definition) is 6. The number of aromatic nitrogens is 2. The van der Waals surface area contributed by atoms with Crippen LogP contribution in [0.25, 0.3) is 0 Å². The normalized spacial score (nSPS) is 18.4. The molecule has 1 unspecified atom stereocenters. The van der Waals surface area contributed by atoms with Gasteiger partial charge in [0.15, 0.2) is 5.16 Å². The lowest BCUT2D eigenvalue weighted by atomic mass is 9.95. The van der Waals surface area contributed by atoms with Gasteiger partial charge in [-0.1, -0.05) is 11.8 Å². The summed E-state index contributed by atoms with van der Waals surface area (Å²) in [5.74, 6) is -0.388. The van der Waals surface area contributed by atoms with Crippen molar-refractivity contribution in [2.45, 2.75) is 70.2 Å². The van der Waals surface area contributed by atoms with Gasteiger partial charge in [0.1, 0.15) is 5.00 Å². The minimum Gasteiger partial charge on any atom is -0.376 e. The number of rotatable bonds is 7. The zero-order chi connectivity index (χ0) is 21.3. The number of carbonyl (C=O) groups is 2. The summed E-state index contributed by atoms with van der Waals surface area (Å²) in [5, 5.41) is 4.35. The van der Waals surface area contributed by atoms with Gasteiger partial charge in [-0.25, -0.2) is 4.98 Å². The molecule has 2 aliphatic rings. The minimum atomic E-state index is -0.462. The van der Waals surface area contributed by atoms with Crippen molar-refractivity contribution in [3.8, 4) is 0 Å². The van der Waals surface area contributed by atoms with Crippen LogP contribution in [0.3, 0.4) is 0 Å². The number of nitrogens with two attached hydrogens (primary N) is 1. The maximum absolute atomic E-state index is 12.7. The van der Waals surface area contributed by atoms with Gasteiger partial charge in [-0.3, -0.25) is 9.59 Å². The largest absolute Gasteiger partial charge is 0.376 e. The molecule has 2 aromatic rings. The highest BCUT2D eigenvalue weighted by atomic mass is 32.2. The monoisotopic (exact) mass is 448 g/mol.